The van der Waals surface area contributed by atoms with E-state index in [1.807, 2.05) is 0 Å². The number of benzene rings is 1. The van der Waals surface area contributed by atoms with Gasteiger partial charge in [0.2, 0.25) is 5.71 Å². The van der Waals surface area contributed by atoms with Crippen LogP contribution in [0, 0.1) is 16.7 Å². The van der Waals surface area contributed by atoms with Crippen molar-refractivity contribution in [3.8, 4) is 6.07 Å². The molecule has 8 nitrogen and oxygen atoms in total. The van der Waals surface area contributed by atoms with Gasteiger partial charge in [0.1, 0.15) is 6.07 Å². The van der Waals surface area contributed by atoms with Crippen LogP contribution in [-0.2, 0) is 6.54 Å². The molecule has 1 aliphatic rings. The van der Waals surface area contributed by atoms with Gasteiger partial charge in [0, 0.05) is 12.2 Å². The molecule has 19 heavy (non-hydrogen) atoms. The Morgan fingerprint density at radius 2 is 2.37 bits per heavy atom. The summed E-state index contributed by atoms with van der Waals surface area (Å²) in [5, 5.41) is 24.8. The number of nitrogens with zero attached hydrogens (tertiary/aromatic N) is 2. The van der Waals surface area contributed by atoms with Crippen LogP contribution in [-0.4, -0.2) is 17.6 Å². The number of nitrogens with one attached hydrogen (secondary N) is 4. The fraction of sp³-hybridized carbons (Fsp3) is 0.0909. The van der Waals surface area contributed by atoms with E-state index in [0.717, 1.165) is 11.3 Å². The third kappa shape index (κ3) is 2.78. The molecule has 2 rings (SSSR count). The quantitative estimate of drug-likeness (QED) is 0.306. The molecule has 0 unspecified atom stereocenters. The molecule has 0 aliphatic carbocycles. The molecule has 96 valence electrons. The van der Waals surface area contributed by atoms with Crippen LogP contribution in [0.2, 0.25) is 0 Å². The lowest BCUT2D eigenvalue weighted by Crippen LogP contribution is -2.33. The molecule has 0 atom stereocenters. The number of carbonyl (C=O) groups excluding carboxylic acids is 1. The summed E-state index contributed by atoms with van der Waals surface area (Å²) in [5.74, 6) is -0.401. The van der Waals surface area contributed by atoms with Crippen molar-refractivity contribution in [3.63, 3.8) is 0 Å². The summed E-state index contributed by atoms with van der Waals surface area (Å²) in [6, 6.07) is 6.67. The van der Waals surface area contributed by atoms with Gasteiger partial charge < -0.3 is 16.4 Å². The molecule has 0 saturated heterocycles. The molecule has 1 aliphatic heterocycles. The number of nitrogens with two attached hydrogens (primary N) is 1. The monoisotopic (exact) mass is 257 g/mol. The summed E-state index contributed by atoms with van der Waals surface area (Å²) in [4.78, 5) is 11.1. The van der Waals surface area contributed by atoms with E-state index in [1.54, 1.807) is 24.3 Å². The summed E-state index contributed by atoms with van der Waals surface area (Å²) >= 11 is 0. The Morgan fingerprint density at radius 1 is 1.58 bits per heavy atom. The van der Waals surface area contributed by atoms with Gasteiger partial charge >= 0.3 is 6.03 Å². The number of fused-ring (bicyclic) bond motifs is 1. The highest BCUT2D eigenvalue weighted by molar-refractivity contribution is 6.45. The van der Waals surface area contributed by atoms with Crippen LogP contribution in [0.1, 0.15) is 5.56 Å². The van der Waals surface area contributed by atoms with E-state index in [4.69, 9.17) is 16.4 Å². The zero-order valence-corrected chi connectivity index (χ0v) is 9.82. The summed E-state index contributed by atoms with van der Waals surface area (Å²) in [5.41, 5.74) is 9.87. The first-order chi connectivity index (χ1) is 9.10. The molecule has 1 aromatic carbocycles. The standard InChI is InChI=1S/C11H11N7O/c12-4-9(10(13)14)18-17-7-1-2-8-6(3-7)5-15-11(19)16-8/h1-3,17H,5H2,(H3,13,14)(H2,15,16,19)/b18-9+. The molecule has 0 bridgehead atoms. The van der Waals surface area contributed by atoms with E-state index in [1.165, 1.54) is 0 Å². The fourth-order valence-electron chi connectivity index (χ4n) is 1.54. The van der Waals surface area contributed by atoms with Crippen molar-refractivity contribution in [2.24, 2.45) is 10.8 Å². The molecule has 0 fully saturated rings. The molecule has 8 heteroatoms. The molecule has 1 aromatic rings. The van der Waals surface area contributed by atoms with Gasteiger partial charge in [-0.3, -0.25) is 10.8 Å². The number of rotatable bonds is 3. The number of urea groups is 1. The van der Waals surface area contributed by atoms with Gasteiger partial charge in [0.05, 0.1) is 5.69 Å². The minimum absolute atomic E-state index is 0.191. The Morgan fingerprint density at radius 3 is 3.05 bits per heavy atom. The molecule has 2 amide bonds. The predicted octanol–water partition coefficient (Wildman–Crippen LogP) is 0.549. The number of hydrogen-bond donors (Lipinski definition) is 5. The molecule has 6 N–H and O–H groups in total. The highest BCUT2D eigenvalue weighted by Gasteiger charge is 2.13. The van der Waals surface area contributed by atoms with E-state index in [-0.39, 0.29) is 11.7 Å². The first-order valence-corrected chi connectivity index (χ1v) is 5.36. The number of hydrogen-bond acceptors (Lipinski definition) is 5. The fourth-order valence-corrected chi connectivity index (χ4v) is 1.54. The third-order valence-corrected chi connectivity index (χ3v) is 2.45. The third-order valence-electron chi connectivity index (χ3n) is 2.45. The van der Waals surface area contributed by atoms with E-state index < -0.39 is 5.84 Å². The predicted molar refractivity (Wildman–Crippen MR) is 70.9 cm³/mol. The highest BCUT2D eigenvalue weighted by Crippen LogP contribution is 2.22. The van der Waals surface area contributed by atoms with Crippen LogP contribution in [0.15, 0.2) is 23.3 Å². The number of amidine groups is 1. The van der Waals surface area contributed by atoms with Gasteiger partial charge in [-0.05, 0) is 23.8 Å². The summed E-state index contributed by atoms with van der Waals surface area (Å²) in [6.07, 6.45) is 0. The number of anilines is 2. The van der Waals surface area contributed by atoms with Gasteiger partial charge in [-0.25, -0.2) is 4.79 Å². The normalized spacial score (nSPS) is 13.6. The van der Waals surface area contributed by atoms with Crippen LogP contribution >= 0.6 is 0 Å². The van der Waals surface area contributed by atoms with Crippen molar-refractivity contribution in [3.05, 3.63) is 23.8 Å². The van der Waals surface area contributed by atoms with Crippen molar-refractivity contribution in [2.75, 3.05) is 10.7 Å². The SMILES string of the molecule is N#C/C(=N\Nc1ccc2c(c1)CNC(=O)N2)C(=N)N. The zero-order chi connectivity index (χ0) is 13.8. The second-order valence-electron chi connectivity index (χ2n) is 3.78. The van der Waals surface area contributed by atoms with Crippen LogP contribution < -0.4 is 21.8 Å². The van der Waals surface area contributed by atoms with Crippen LogP contribution in [0.3, 0.4) is 0 Å². The van der Waals surface area contributed by atoms with E-state index >= 15 is 0 Å². The van der Waals surface area contributed by atoms with Crippen molar-refractivity contribution < 1.29 is 4.79 Å². The van der Waals surface area contributed by atoms with Gasteiger partial charge in [-0.15, -0.1) is 0 Å². The Labute approximate surface area is 108 Å². The van der Waals surface area contributed by atoms with Crippen molar-refractivity contribution in [1.29, 1.82) is 10.7 Å². The lowest BCUT2D eigenvalue weighted by Gasteiger charge is -2.18. The average molecular weight is 257 g/mol. The maximum atomic E-state index is 11.1. The van der Waals surface area contributed by atoms with Crippen LogP contribution in [0.5, 0.6) is 0 Å². The largest absolute Gasteiger partial charge is 0.382 e. The molecule has 0 aromatic heterocycles. The van der Waals surface area contributed by atoms with Gasteiger partial charge in [-0.1, -0.05) is 0 Å². The number of nitriles is 1. The molecule has 0 saturated carbocycles. The topological polar surface area (TPSA) is 139 Å². The molecular formula is C11H11N7O. The lowest BCUT2D eigenvalue weighted by molar-refractivity contribution is 0.251. The van der Waals surface area contributed by atoms with E-state index in [9.17, 15) is 4.79 Å². The Kier molecular flexibility index (Phi) is 3.29. The molecule has 1 heterocycles. The Balaban J connectivity index is 2.18. The van der Waals surface area contributed by atoms with Gasteiger partial charge in [0.25, 0.3) is 0 Å². The van der Waals surface area contributed by atoms with Gasteiger partial charge in [-0.2, -0.15) is 10.4 Å². The zero-order valence-electron chi connectivity index (χ0n) is 9.82. The van der Waals surface area contributed by atoms with Crippen molar-refractivity contribution >= 4 is 29.0 Å². The first kappa shape index (κ1) is 12.4. The minimum Gasteiger partial charge on any atom is -0.382 e. The van der Waals surface area contributed by atoms with Crippen molar-refractivity contribution in [1.82, 2.24) is 5.32 Å². The maximum absolute atomic E-state index is 11.1. The summed E-state index contributed by atoms with van der Waals surface area (Å²) in [6.45, 7) is 0.415. The maximum Gasteiger partial charge on any atom is 0.319 e. The Bertz CT molecular complexity index is 614. The second-order valence-corrected chi connectivity index (χ2v) is 3.78. The van der Waals surface area contributed by atoms with Gasteiger partial charge in [0.15, 0.2) is 5.84 Å². The number of carbonyl (C=O) groups is 1. The highest BCUT2D eigenvalue weighted by atomic mass is 16.2. The van der Waals surface area contributed by atoms with E-state index in [0.29, 0.717) is 12.2 Å². The first-order valence-electron chi connectivity index (χ1n) is 5.36. The summed E-state index contributed by atoms with van der Waals surface area (Å²) in [7, 11) is 0. The number of amides is 2. The summed E-state index contributed by atoms with van der Waals surface area (Å²) < 4.78 is 0. The second kappa shape index (κ2) is 5.05. The molecule has 0 spiro atoms. The lowest BCUT2D eigenvalue weighted by atomic mass is 10.1. The Hall–Kier alpha value is -3.08. The molecule has 0 radical (unpaired) electrons. The van der Waals surface area contributed by atoms with Crippen LogP contribution in [0.25, 0.3) is 0 Å². The van der Waals surface area contributed by atoms with Crippen LogP contribution in [0.4, 0.5) is 16.2 Å². The molecular weight excluding hydrogens is 246 g/mol. The number of hydrazone groups is 1. The smallest absolute Gasteiger partial charge is 0.319 e. The van der Waals surface area contributed by atoms with Crippen molar-refractivity contribution in [2.45, 2.75) is 6.54 Å². The van der Waals surface area contributed by atoms with E-state index in [2.05, 4.69) is 21.2 Å². The minimum atomic E-state index is -0.401. The average Bonchev–Trinajstić information content (AvgIpc) is 2.39.